The van der Waals surface area contributed by atoms with Crippen LogP contribution >= 0.6 is 0 Å². The Labute approximate surface area is 150 Å². The van der Waals surface area contributed by atoms with E-state index in [4.69, 9.17) is 5.84 Å². The van der Waals surface area contributed by atoms with Gasteiger partial charge in [-0.3, -0.25) is 14.5 Å². The summed E-state index contributed by atoms with van der Waals surface area (Å²) >= 11 is 0. The fourth-order valence-electron chi connectivity index (χ4n) is 3.48. The van der Waals surface area contributed by atoms with Gasteiger partial charge in [-0.1, -0.05) is 24.6 Å². The first-order chi connectivity index (χ1) is 12.6. The maximum atomic E-state index is 12.5. The number of carbonyl (C=O) groups excluding carboxylic acids is 1. The molecule has 0 spiro atoms. The van der Waals surface area contributed by atoms with E-state index < -0.39 is 0 Å². The van der Waals surface area contributed by atoms with Gasteiger partial charge >= 0.3 is 0 Å². The van der Waals surface area contributed by atoms with E-state index in [1.54, 1.807) is 18.2 Å². The Kier molecular flexibility index (Phi) is 4.40. The predicted molar refractivity (Wildman–Crippen MR) is 102 cm³/mol. The summed E-state index contributed by atoms with van der Waals surface area (Å²) in [4.78, 5) is 34.2. The maximum absolute atomic E-state index is 12.5. The largest absolute Gasteiger partial charge is 0.320 e. The first kappa shape index (κ1) is 16.7. The Morgan fingerprint density at radius 1 is 1.12 bits per heavy atom. The molecule has 0 saturated carbocycles. The first-order valence-corrected chi connectivity index (χ1v) is 8.85. The van der Waals surface area contributed by atoms with E-state index in [1.807, 2.05) is 18.2 Å². The van der Waals surface area contributed by atoms with E-state index in [-0.39, 0.29) is 11.5 Å². The zero-order chi connectivity index (χ0) is 18.1. The number of benzene rings is 1. The lowest BCUT2D eigenvalue weighted by Gasteiger charge is -2.27. The maximum Gasteiger partial charge on any atom is 0.256 e. The van der Waals surface area contributed by atoms with Crippen LogP contribution in [0.3, 0.4) is 0 Å². The van der Waals surface area contributed by atoms with Crippen LogP contribution in [0.25, 0.3) is 21.8 Å². The minimum Gasteiger partial charge on any atom is -0.320 e. The number of fused-ring (bicyclic) bond motifs is 3. The number of rotatable bonds is 3. The quantitative estimate of drug-likeness (QED) is 0.324. The Hall–Kier alpha value is -2.77. The summed E-state index contributed by atoms with van der Waals surface area (Å²) in [6.45, 7) is 2.15. The van der Waals surface area contributed by atoms with Crippen LogP contribution in [-0.4, -0.2) is 40.4 Å². The van der Waals surface area contributed by atoms with Gasteiger partial charge in [-0.05, 0) is 44.1 Å². The van der Waals surface area contributed by atoms with Crippen molar-refractivity contribution >= 4 is 33.5 Å². The molecule has 4 rings (SSSR count). The molecule has 134 valence electrons. The molecule has 3 N–H and O–H groups in total. The van der Waals surface area contributed by atoms with Gasteiger partial charge in [-0.25, -0.2) is 15.8 Å². The minimum atomic E-state index is -0.188. The van der Waals surface area contributed by atoms with Crippen molar-refractivity contribution in [1.82, 2.24) is 14.9 Å². The minimum absolute atomic E-state index is 0.159. The summed E-state index contributed by atoms with van der Waals surface area (Å²) < 4.78 is 0. The van der Waals surface area contributed by atoms with E-state index in [9.17, 15) is 9.59 Å². The number of nitrogens with zero attached hydrogens (tertiary/aromatic N) is 3. The summed E-state index contributed by atoms with van der Waals surface area (Å²) in [5.41, 5.74) is 1.08. The zero-order valence-corrected chi connectivity index (χ0v) is 14.4. The lowest BCUT2D eigenvalue weighted by Crippen LogP contribution is -2.46. The molecule has 7 heteroatoms. The highest BCUT2D eigenvalue weighted by Gasteiger charge is 2.19. The fraction of sp³-hybridized carbons (Fsp3) is 0.316. The van der Waals surface area contributed by atoms with Crippen molar-refractivity contribution in [2.45, 2.75) is 19.3 Å². The molecular formula is C19H21N5O2. The molecule has 0 bridgehead atoms. The van der Waals surface area contributed by atoms with Crippen molar-refractivity contribution in [1.29, 1.82) is 0 Å². The number of anilines is 1. The second-order valence-corrected chi connectivity index (χ2v) is 6.67. The number of hydrogen-bond donors (Lipinski definition) is 2. The number of nitrogens with two attached hydrogens (primary N) is 1. The SMILES string of the molecule is NN(C(=O)CN1CCCCC1)c1ccc2[nH]c(=O)c3ccccc3c2n1. The van der Waals surface area contributed by atoms with Crippen LogP contribution in [0.2, 0.25) is 0 Å². The van der Waals surface area contributed by atoms with Crippen molar-refractivity contribution in [3.63, 3.8) is 0 Å². The van der Waals surface area contributed by atoms with E-state index in [2.05, 4.69) is 14.9 Å². The van der Waals surface area contributed by atoms with Gasteiger partial charge < -0.3 is 4.98 Å². The second kappa shape index (κ2) is 6.86. The third kappa shape index (κ3) is 3.07. The molecule has 0 radical (unpaired) electrons. The third-order valence-electron chi connectivity index (χ3n) is 4.88. The van der Waals surface area contributed by atoms with Gasteiger partial charge in [0.25, 0.3) is 11.5 Å². The molecule has 0 unspecified atom stereocenters. The zero-order valence-electron chi connectivity index (χ0n) is 14.4. The number of hydrogen-bond acceptors (Lipinski definition) is 5. The molecule has 3 aromatic rings. The number of H-pyrrole nitrogens is 1. The predicted octanol–water partition coefficient (Wildman–Crippen LogP) is 1.77. The number of nitrogens with one attached hydrogen (secondary N) is 1. The Morgan fingerprint density at radius 3 is 2.62 bits per heavy atom. The Bertz CT molecular complexity index is 1020. The second-order valence-electron chi connectivity index (χ2n) is 6.67. The van der Waals surface area contributed by atoms with Gasteiger partial charge in [0.05, 0.1) is 17.6 Å². The third-order valence-corrected chi connectivity index (χ3v) is 4.88. The molecule has 0 atom stereocenters. The van der Waals surface area contributed by atoms with Gasteiger partial charge in [0.15, 0.2) is 5.82 Å². The van der Waals surface area contributed by atoms with Gasteiger partial charge in [0.1, 0.15) is 0 Å². The van der Waals surface area contributed by atoms with Crippen LogP contribution in [0, 0.1) is 0 Å². The summed E-state index contributed by atoms with van der Waals surface area (Å²) in [5, 5.41) is 2.41. The molecule has 2 aromatic heterocycles. The van der Waals surface area contributed by atoms with Crippen molar-refractivity contribution in [3.05, 3.63) is 46.8 Å². The molecular weight excluding hydrogens is 330 g/mol. The van der Waals surface area contributed by atoms with Gasteiger partial charge in [-0.2, -0.15) is 0 Å². The van der Waals surface area contributed by atoms with Gasteiger partial charge in [0, 0.05) is 10.8 Å². The lowest BCUT2D eigenvalue weighted by molar-refractivity contribution is -0.120. The van der Waals surface area contributed by atoms with Crippen LogP contribution in [0.5, 0.6) is 0 Å². The Morgan fingerprint density at radius 2 is 1.85 bits per heavy atom. The topological polar surface area (TPSA) is 95.3 Å². The van der Waals surface area contributed by atoms with Crippen LogP contribution in [0.4, 0.5) is 5.82 Å². The fourth-order valence-corrected chi connectivity index (χ4v) is 3.48. The first-order valence-electron chi connectivity index (χ1n) is 8.85. The van der Waals surface area contributed by atoms with Gasteiger partial charge in [-0.15, -0.1) is 0 Å². The number of aromatic nitrogens is 2. The molecule has 1 amide bonds. The number of carbonyl (C=O) groups is 1. The molecule has 1 aliphatic rings. The van der Waals surface area contributed by atoms with Crippen LogP contribution < -0.4 is 16.4 Å². The van der Waals surface area contributed by atoms with Crippen molar-refractivity contribution < 1.29 is 4.79 Å². The highest BCUT2D eigenvalue weighted by molar-refractivity contribution is 6.04. The average molecular weight is 351 g/mol. The summed E-state index contributed by atoms with van der Waals surface area (Å²) in [5.74, 6) is 6.23. The number of likely N-dealkylation sites (tertiary alicyclic amines) is 1. The summed E-state index contributed by atoms with van der Waals surface area (Å²) in [7, 11) is 0. The van der Waals surface area contributed by atoms with E-state index in [0.29, 0.717) is 28.8 Å². The Balaban J connectivity index is 1.68. The number of pyridine rings is 2. The number of hydrazine groups is 1. The van der Waals surface area contributed by atoms with E-state index in [0.717, 1.165) is 36.3 Å². The van der Waals surface area contributed by atoms with Crippen LogP contribution in [0.15, 0.2) is 41.2 Å². The normalized spacial score (nSPS) is 15.4. The molecule has 26 heavy (non-hydrogen) atoms. The van der Waals surface area contributed by atoms with Gasteiger partial charge in [0.2, 0.25) is 0 Å². The van der Waals surface area contributed by atoms with Crippen molar-refractivity contribution in [2.75, 3.05) is 24.6 Å². The van der Waals surface area contributed by atoms with E-state index in [1.165, 1.54) is 6.42 Å². The van der Waals surface area contributed by atoms with Crippen LogP contribution in [-0.2, 0) is 4.79 Å². The molecule has 0 aliphatic carbocycles. The molecule has 1 aliphatic heterocycles. The van der Waals surface area contributed by atoms with Crippen molar-refractivity contribution in [3.8, 4) is 0 Å². The standard InChI is InChI=1S/C19H21N5O2/c20-24(17(25)12-23-10-4-1-5-11-23)16-9-8-15-18(22-16)13-6-2-3-7-14(13)19(26)21-15/h2-3,6-9H,1,4-5,10-12,20H2,(H,21,26). The monoisotopic (exact) mass is 351 g/mol. The highest BCUT2D eigenvalue weighted by atomic mass is 16.2. The summed E-state index contributed by atoms with van der Waals surface area (Å²) in [6, 6.07) is 10.7. The highest BCUT2D eigenvalue weighted by Crippen LogP contribution is 2.22. The summed E-state index contributed by atoms with van der Waals surface area (Å²) in [6.07, 6.45) is 3.45. The average Bonchev–Trinajstić information content (AvgIpc) is 2.68. The molecule has 1 saturated heterocycles. The number of amides is 1. The van der Waals surface area contributed by atoms with Crippen LogP contribution in [0.1, 0.15) is 19.3 Å². The lowest BCUT2D eigenvalue weighted by atomic mass is 10.1. The molecule has 1 fully saturated rings. The number of aromatic amines is 1. The molecule has 1 aromatic carbocycles. The molecule has 3 heterocycles. The van der Waals surface area contributed by atoms with Crippen molar-refractivity contribution in [2.24, 2.45) is 5.84 Å². The smallest absolute Gasteiger partial charge is 0.256 e. The van der Waals surface area contributed by atoms with E-state index >= 15 is 0 Å². The number of piperidine rings is 1. The molecule has 7 nitrogen and oxygen atoms in total.